The second-order valence-corrected chi connectivity index (χ2v) is 6.20. The van der Waals surface area contributed by atoms with E-state index >= 15 is 0 Å². The Kier molecular flexibility index (Phi) is 4.34. The van der Waals surface area contributed by atoms with Gasteiger partial charge in [0, 0.05) is 29.9 Å². The van der Waals surface area contributed by atoms with Crippen molar-refractivity contribution in [3.05, 3.63) is 36.4 Å². The van der Waals surface area contributed by atoms with Crippen molar-refractivity contribution >= 4 is 5.82 Å². The zero-order valence-corrected chi connectivity index (χ0v) is 13.2. The van der Waals surface area contributed by atoms with Gasteiger partial charge in [0.25, 0.3) is 0 Å². The predicted octanol–water partition coefficient (Wildman–Crippen LogP) is 2.71. The average Bonchev–Trinajstić information content (AvgIpc) is 2.56. The van der Waals surface area contributed by atoms with E-state index in [1.165, 1.54) is 0 Å². The van der Waals surface area contributed by atoms with Gasteiger partial charge in [-0.3, -0.25) is 4.98 Å². The van der Waals surface area contributed by atoms with Gasteiger partial charge in [0.2, 0.25) is 0 Å². The standard InChI is InChI=1S/C17H23N5/c1-12(2)22-7-5-13(6-8-22)15-10-19-11-16(21-15)14-3-4-17(18)20-9-14/h3-4,9-13H,5-8H2,1-2H3,(H2,18,20). The highest BCUT2D eigenvalue weighted by molar-refractivity contribution is 5.58. The summed E-state index contributed by atoms with van der Waals surface area (Å²) in [6.07, 6.45) is 7.75. The van der Waals surface area contributed by atoms with E-state index in [-0.39, 0.29) is 0 Å². The molecule has 5 heteroatoms. The Bertz CT molecular complexity index is 615. The molecule has 0 aliphatic carbocycles. The number of piperidine rings is 1. The lowest BCUT2D eigenvalue weighted by Gasteiger charge is -2.34. The fourth-order valence-electron chi connectivity index (χ4n) is 2.99. The summed E-state index contributed by atoms with van der Waals surface area (Å²) in [6.45, 7) is 6.79. The van der Waals surface area contributed by atoms with E-state index in [1.807, 2.05) is 12.3 Å². The number of nitrogen functional groups attached to an aromatic ring is 1. The number of rotatable bonds is 3. The van der Waals surface area contributed by atoms with E-state index in [2.05, 4.69) is 28.7 Å². The molecule has 2 aromatic rings. The molecule has 0 atom stereocenters. The van der Waals surface area contributed by atoms with Crippen molar-refractivity contribution in [2.24, 2.45) is 0 Å². The fourth-order valence-corrected chi connectivity index (χ4v) is 2.99. The molecule has 1 aliphatic heterocycles. The SMILES string of the molecule is CC(C)N1CCC(c2cncc(-c3ccc(N)nc3)n2)CC1. The number of hydrogen-bond donors (Lipinski definition) is 1. The molecule has 1 saturated heterocycles. The molecule has 1 aliphatic rings. The van der Waals surface area contributed by atoms with Crippen LogP contribution in [-0.4, -0.2) is 39.0 Å². The predicted molar refractivity (Wildman–Crippen MR) is 88.4 cm³/mol. The molecule has 0 radical (unpaired) electrons. The van der Waals surface area contributed by atoms with Gasteiger partial charge in [-0.05, 0) is 51.9 Å². The van der Waals surface area contributed by atoms with Crippen LogP contribution in [0.3, 0.4) is 0 Å². The van der Waals surface area contributed by atoms with Gasteiger partial charge in [-0.15, -0.1) is 0 Å². The van der Waals surface area contributed by atoms with Gasteiger partial charge in [0.05, 0.1) is 17.6 Å². The Hall–Kier alpha value is -2.01. The van der Waals surface area contributed by atoms with Gasteiger partial charge in [-0.1, -0.05) is 0 Å². The molecule has 0 aromatic carbocycles. The van der Waals surface area contributed by atoms with E-state index in [9.17, 15) is 0 Å². The molecule has 2 N–H and O–H groups in total. The molecular formula is C17H23N5. The molecule has 116 valence electrons. The molecular weight excluding hydrogens is 274 g/mol. The van der Waals surface area contributed by atoms with Crippen LogP contribution in [0.5, 0.6) is 0 Å². The highest BCUT2D eigenvalue weighted by Crippen LogP contribution is 2.28. The van der Waals surface area contributed by atoms with Crippen molar-refractivity contribution in [1.82, 2.24) is 19.9 Å². The maximum atomic E-state index is 5.64. The zero-order valence-electron chi connectivity index (χ0n) is 13.2. The molecule has 0 amide bonds. The molecule has 5 nitrogen and oxygen atoms in total. The minimum absolute atomic E-state index is 0.504. The summed E-state index contributed by atoms with van der Waals surface area (Å²) in [5.41, 5.74) is 8.57. The van der Waals surface area contributed by atoms with Crippen LogP contribution in [0.1, 0.15) is 38.3 Å². The van der Waals surface area contributed by atoms with Crippen LogP contribution in [0.25, 0.3) is 11.3 Å². The highest BCUT2D eigenvalue weighted by atomic mass is 15.1. The molecule has 1 fully saturated rings. The molecule has 2 aromatic heterocycles. The Morgan fingerprint density at radius 2 is 1.91 bits per heavy atom. The first kappa shape index (κ1) is 14.9. The molecule has 0 bridgehead atoms. The molecule has 3 heterocycles. The zero-order chi connectivity index (χ0) is 15.5. The summed E-state index contributed by atoms with van der Waals surface area (Å²) in [5.74, 6) is 1.03. The number of hydrogen-bond acceptors (Lipinski definition) is 5. The van der Waals surface area contributed by atoms with E-state index < -0.39 is 0 Å². The van der Waals surface area contributed by atoms with E-state index in [4.69, 9.17) is 10.7 Å². The second-order valence-electron chi connectivity index (χ2n) is 6.20. The third-order valence-corrected chi connectivity index (χ3v) is 4.41. The first-order valence-corrected chi connectivity index (χ1v) is 7.91. The number of likely N-dealkylation sites (tertiary alicyclic amines) is 1. The monoisotopic (exact) mass is 297 g/mol. The van der Waals surface area contributed by atoms with E-state index in [0.29, 0.717) is 17.8 Å². The van der Waals surface area contributed by atoms with Crippen molar-refractivity contribution in [3.8, 4) is 11.3 Å². The van der Waals surface area contributed by atoms with Crippen LogP contribution in [0.15, 0.2) is 30.7 Å². The number of nitrogens with two attached hydrogens (primary N) is 1. The Morgan fingerprint density at radius 3 is 2.55 bits per heavy atom. The first-order chi connectivity index (χ1) is 10.6. The van der Waals surface area contributed by atoms with Crippen molar-refractivity contribution in [2.45, 2.75) is 38.6 Å². The van der Waals surface area contributed by atoms with Gasteiger partial charge < -0.3 is 10.6 Å². The third-order valence-electron chi connectivity index (χ3n) is 4.41. The maximum absolute atomic E-state index is 5.64. The van der Waals surface area contributed by atoms with Crippen LogP contribution in [0.2, 0.25) is 0 Å². The second kappa shape index (κ2) is 6.40. The number of aromatic nitrogens is 3. The van der Waals surface area contributed by atoms with Gasteiger partial charge in [-0.2, -0.15) is 0 Å². The lowest BCUT2D eigenvalue weighted by atomic mass is 9.93. The third kappa shape index (κ3) is 3.25. The summed E-state index contributed by atoms with van der Waals surface area (Å²) in [7, 11) is 0. The van der Waals surface area contributed by atoms with Crippen molar-refractivity contribution in [1.29, 1.82) is 0 Å². The summed E-state index contributed by atoms with van der Waals surface area (Å²) in [4.78, 5) is 15.8. The maximum Gasteiger partial charge on any atom is 0.123 e. The molecule has 22 heavy (non-hydrogen) atoms. The van der Waals surface area contributed by atoms with Crippen molar-refractivity contribution in [3.63, 3.8) is 0 Å². The minimum Gasteiger partial charge on any atom is -0.384 e. The number of anilines is 1. The van der Waals surface area contributed by atoms with Gasteiger partial charge in [0.15, 0.2) is 0 Å². The smallest absolute Gasteiger partial charge is 0.123 e. The Morgan fingerprint density at radius 1 is 1.14 bits per heavy atom. The van der Waals surface area contributed by atoms with Crippen LogP contribution in [-0.2, 0) is 0 Å². The lowest BCUT2D eigenvalue weighted by molar-refractivity contribution is 0.170. The summed E-state index contributed by atoms with van der Waals surface area (Å²) in [6, 6.07) is 4.36. The van der Waals surface area contributed by atoms with Crippen LogP contribution in [0, 0.1) is 0 Å². The lowest BCUT2D eigenvalue weighted by Crippen LogP contribution is -2.38. The number of pyridine rings is 1. The highest BCUT2D eigenvalue weighted by Gasteiger charge is 2.23. The summed E-state index contributed by atoms with van der Waals surface area (Å²) < 4.78 is 0. The van der Waals surface area contributed by atoms with Crippen LogP contribution < -0.4 is 5.73 Å². The topological polar surface area (TPSA) is 67.9 Å². The van der Waals surface area contributed by atoms with E-state index in [0.717, 1.165) is 42.9 Å². The van der Waals surface area contributed by atoms with Gasteiger partial charge >= 0.3 is 0 Å². The van der Waals surface area contributed by atoms with Gasteiger partial charge in [0.1, 0.15) is 5.82 Å². The number of nitrogens with zero attached hydrogens (tertiary/aromatic N) is 4. The van der Waals surface area contributed by atoms with E-state index in [1.54, 1.807) is 18.5 Å². The Balaban J connectivity index is 1.76. The van der Waals surface area contributed by atoms with Crippen molar-refractivity contribution in [2.75, 3.05) is 18.8 Å². The first-order valence-electron chi connectivity index (χ1n) is 7.91. The quantitative estimate of drug-likeness (QED) is 0.943. The summed E-state index contributed by atoms with van der Waals surface area (Å²) in [5, 5.41) is 0. The fraction of sp³-hybridized carbons (Fsp3) is 0.471. The van der Waals surface area contributed by atoms with Gasteiger partial charge in [-0.25, -0.2) is 9.97 Å². The normalized spacial score (nSPS) is 17.0. The molecule has 0 unspecified atom stereocenters. The average molecular weight is 297 g/mol. The van der Waals surface area contributed by atoms with Crippen LogP contribution in [0.4, 0.5) is 5.82 Å². The summed E-state index contributed by atoms with van der Waals surface area (Å²) >= 11 is 0. The molecule has 0 saturated carbocycles. The molecule has 0 spiro atoms. The minimum atomic E-state index is 0.504. The van der Waals surface area contributed by atoms with Crippen molar-refractivity contribution < 1.29 is 0 Å². The largest absolute Gasteiger partial charge is 0.384 e. The molecule has 3 rings (SSSR count). The Labute approximate surface area is 131 Å². The van der Waals surface area contributed by atoms with Crippen LogP contribution >= 0.6 is 0 Å².